The Kier molecular flexibility index (Phi) is 4.10. The third kappa shape index (κ3) is 2.56. The van der Waals surface area contributed by atoms with Gasteiger partial charge in [-0.05, 0) is 31.0 Å². The van der Waals surface area contributed by atoms with Gasteiger partial charge in [-0.1, -0.05) is 0 Å². The van der Waals surface area contributed by atoms with Crippen LogP contribution in [0.15, 0.2) is 23.1 Å². The molecule has 4 heteroatoms. The SMILES string of the molecule is CSc1ccc(F)cc1C(=O)CCN. The Bertz CT molecular complexity index is 341. The summed E-state index contributed by atoms with van der Waals surface area (Å²) >= 11 is 1.43. The van der Waals surface area contributed by atoms with Gasteiger partial charge < -0.3 is 5.73 Å². The fourth-order valence-electron chi connectivity index (χ4n) is 1.16. The molecule has 2 nitrogen and oxygen atoms in total. The van der Waals surface area contributed by atoms with Crippen LogP contribution in [0.4, 0.5) is 4.39 Å². The van der Waals surface area contributed by atoms with E-state index in [1.165, 1.54) is 23.9 Å². The van der Waals surface area contributed by atoms with E-state index in [4.69, 9.17) is 5.73 Å². The van der Waals surface area contributed by atoms with Crippen LogP contribution in [0.2, 0.25) is 0 Å². The van der Waals surface area contributed by atoms with Crippen molar-refractivity contribution in [3.05, 3.63) is 29.6 Å². The highest BCUT2D eigenvalue weighted by Gasteiger charge is 2.10. The van der Waals surface area contributed by atoms with Gasteiger partial charge in [0.15, 0.2) is 5.78 Å². The van der Waals surface area contributed by atoms with Crippen LogP contribution in [-0.2, 0) is 0 Å². The van der Waals surface area contributed by atoms with Crippen molar-refractivity contribution in [2.24, 2.45) is 5.73 Å². The van der Waals surface area contributed by atoms with Crippen LogP contribution in [0.25, 0.3) is 0 Å². The number of ketones is 1. The molecule has 0 unspecified atom stereocenters. The predicted molar refractivity (Wildman–Crippen MR) is 56.2 cm³/mol. The maximum atomic E-state index is 12.9. The van der Waals surface area contributed by atoms with Crippen LogP contribution in [0.3, 0.4) is 0 Å². The topological polar surface area (TPSA) is 43.1 Å². The maximum Gasteiger partial charge on any atom is 0.165 e. The third-order valence-electron chi connectivity index (χ3n) is 1.83. The molecular formula is C10H12FNOS. The molecule has 0 aromatic heterocycles. The van der Waals surface area contributed by atoms with Crippen LogP contribution >= 0.6 is 11.8 Å². The van der Waals surface area contributed by atoms with E-state index in [9.17, 15) is 9.18 Å². The van der Waals surface area contributed by atoms with Crippen LogP contribution in [0.5, 0.6) is 0 Å². The number of nitrogens with two attached hydrogens (primary N) is 1. The van der Waals surface area contributed by atoms with Gasteiger partial charge in [0.25, 0.3) is 0 Å². The van der Waals surface area contributed by atoms with E-state index < -0.39 is 0 Å². The number of carbonyl (C=O) groups excluding carboxylic acids is 1. The molecule has 0 fully saturated rings. The van der Waals surface area contributed by atoms with Gasteiger partial charge in [-0.2, -0.15) is 0 Å². The molecular weight excluding hydrogens is 201 g/mol. The summed E-state index contributed by atoms with van der Waals surface area (Å²) < 4.78 is 12.9. The summed E-state index contributed by atoms with van der Waals surface area (Å²) in [5.74, 6) is -0.487. The van der Waals surface area contributed by atoms with Crippen LogP contribution in [0, 0.1) is 5.82 Å². The smallest absolute Gasteiger partial charge is 0.165 e. The summed E-state index contributed by atoms with van der Waals surface area (Å²) in [6.07, 6.45) is 2.11. The molecule has 1 aromatic carbocycles. The number of thioether (sulfide) groups is 1. The van der Waals surface area contributed by atoms with E-state index in [0.717, 1.165) is 4.90 Å². The lowest BCUT2D eigenvalue weighted by Gasteiger charge is -2.05. The molecule has 2 N–H and O–H groups in total. The number of halogens is 1. The molecule has 0 atom stereocenters. The lowest BCUT2D eigenvalue weighted by molar-refractivity contribution is 0.0982. The van der Waals surface area contributed by atoms with Crippen molar-refractivity contribution >= 4 is 17.5 Å². The second kappa shape index (κ2) is 5.12. The van der Waals surface area contributed by atoms with Crippen molar-refractivity contribution in [1.82, 2.24) is 0 Å². The molecule has 0 saturated heterocycles. The highest BCUT2D eigenvalue weighted by Crippen LogP contribution is 2.22. The average Bonchev–Trinajstić information content (AvgIpc) is 2.18. The Morgan fingerprint density at radius 1 is 1.57 bits per heavy atom. The van der Waals surface area contributed by atoms with E-state index in [0.29, 0.717) is 12.1 Å². The van der Waals surface area contributed by atoms with E-state index >= 15 is 0 Å². The van der Waals surface area contributed by atoms with Gasteiger partial charge in [-0.25, -0.2) is 4.39 Å². The lowest BCUT2D eigenvalue weighted by Crippen LogP contribution is -2.09. The molecule has 0 bridgehead atoms. The molecule has 14 heavy (non-hydrogen) atoms. The Morgan fingerprint density at radius 3 is 2.86 bits per heavy atom. The van der Waals surface area contributed by atoms with Gasteiger partial charge in [0, 0.05) is 16.9 Å². The molecule has 1 rings (SSSR count). The number of rotatable bonds is 4. The summed E-state index contributed by atoms with van der Waals surface area (Å²) in [4.78, 5) is 12.3. The van der Waals surface area contributed by atoms with Gasteiger partial charge in [0.2, 0.25) is 0 Å². The monoisotopic (exact) mass is 213 g/mol. The summed E-state index contributed by atoms with van der Waals surface area (Å²) in [6.45, 7) is 0.295. The summed E-state index contributed by atoms with van der Waals surface area (Å²) in [5, 5.41) is 0. The lowest BCUT2D eigenvalue weighted by atomic mass is 10.1. The van der Waals surface area contributed by atoms with Crippen molar-refractivity contribution in [3.8, 4) is 0 Å². The molecule has 0 aliphatic heterocycles. The van der Waals surface area contributed by atoms with Gasteiger partial charge in [-0.3, -0.25) is 4.79 Å². The molecule has 0 spiro atoms. The minimum absolute atomic E-state index is 0.101. The summed E-state index contributed by atoms with van der Waals surface area (Å²) in [6, 6.07) is 4.23. The highest BCUT2D eigenvalue weighted by atomic mass is 32.2. The molecule has 1 aromatic rings. The van der Waals surface area contributed by atoms with Crippen LogP contribution in [-0.4, -0.2) is 18.6 Å². The zero-order valence-corrected chi connectivity index (χ0v) is 8.73. The minimum Gasteiger partial charge on any atom is -0.330 e. The Hall–Kier alpha value is -0.870. The van der Waals surface area contributed by atoms with Gasteiger partial charge in [0.05, 0.1) is 0 Å². The molecule has 0 aliphatic carbocycles. The fourth-order valence-corrected chi connectivity index (χ4v) is 1.76. The van der Waals surface area contributed by atoms with E-state index in [1.54, 1.807) is 6.07 Å². The Labute approximate surface area is 86.7 Å². The maximum absolute atomic E-state index is 12.9. The number of carbonyl (C=O) groups is 1. The Balaban J connectivity index is 3.03. The minimum atomic E-state index is -0.386. The molecule has 0 heterocycles. The number of benzene rings is 1. The fraction of sp³-hybridized carbons (Fsp3) is 0.300. The normalized spacial score (nSPS) is 10.2. The molecule has 0 amide bonds. The van der Waals surface area contributed by atoms with Crippen molar-refractivity contribution in [3.63, 3.8) is 0 Å². The number of hydrogen-bond acceptors (Lipinski definition) is 3. The van der Waals surface area contributed by atoms with Gasteiger partial charge >= 0.3 is 0 Å². The zero-order valence-electron chi connectivity index (χ0n) is 7.92. The standard InChI is InChI=1S/C10H12FNOS/c1-14-10-3-2-7(11)6-8(10)9(13)4-5-12/h2-3,6H,4-5,12H2,1H3. The first-order valence-corrected chi connectivity index (χ1v) is 5.48. The first kappa shape index (κ1) is 11.2. The van der Waals surface area contributed by atoms with Crippen LogP contribution < -0.4 is 5.73 Å². The second-order valence-electron chi connectivity index (χ2n) is 2.81. The summed E-state index contributed by atoms with van der Waals surface area (Å²) in [7, 11) is 0. The van der Waals surface area contributed by atoms with Crippen molar-refractivity contribution in [1.29, 1.82) is 0 Å². The number of Topliss-reactive ketones (excluding diaryl/α,β-unsaturated/α-hetero) is 1. The third-order valence-corrected chi connectivity index (χ3v) is 2.63. The highest BCUT2D eigenvalue weighted by molar-refractivity contribution is 7.98. The van der Waals surface area contributed by atoms with E-state index in [2.05, 4.69) is 0 Å². The van der Waals surface area contributed by atoms with Crippen molar-refractivity contribution in [2.45, 2.75) is 11.3 Å². The molecule has 0 radical (unpaired) electrons. The van der Waals surface area contributed by atoms with Crippen molar-refractivity contribution in [2.75, 3.05) is 12.8 Å². The average molecular weight is 213 g/mol. The quantitative estimate of drug-likeness (QED) is 0.615. The van der Waals surface area contributed by atoms with E-state index in [1.807, 2.05) is 6.26 Å². The Morgan fingerprint density at radius 2 is 2.29 bits per heavy atom. The first-order valence-electron chi connectivity index (χ1n) is 4.26. The number of hydrogen-bond donors (Lipinski definition) is 1. The van der Waals surface area contributed by atoms with E-state index in [-0.39, 0.29) is 18.0 Å². The van der Waals surface area contributed by atoms with Crippen LogP contribution in [0.1, 0.15) is 16.8 Å². The largest absolute Gasteiger partial charge is 0.330 e. The predicted octanol–water partition coefficient (Wildman–Crippen LogP) is 2.08. The first-order chi connectivity index (χ1) is 6.69. The van der Waals surface area contributed by atoms with Crippen molar-refractivity contribution < 1.29 is 9.18 Å². The molecule has 0 saturated carbocycles. The van der Waals surface area contributed by atoms with Gasteiger partial charge in [-0.15, -0.1) is 11.8 Å². The summed E-state index contributed by atoms with van der Waals surface area (Å²) in [5.41, 5.74) is 5.71. The molecule has 0 aliphatic rings. The van der Waals surface area contributed by atoms with Gasteiger partial charge in [0.1, 0.15) is 5.82 Å². The second-order valence-corrected chi connectivity index (χ2v) is 3.65. The zero-order chi connectivity index (χ0) is 10.6. The molecule has 76 valence electrons.